The number of aromatic nitrogens is 2. The molecule has 54 heavy (non-hydrogen) atoms. The van der Waals surface area contributed by atoms with Gasteiger partial charge in [0.2, 0.25) is 0 Å². The summed E-state index contributed by atoms with van der Waals surface area (Å²) in [5.41, 5.74) is 6.54. The lowest BCUT2D eigenvalue weighted by Gasteiger charge is -2.38. The number of fused-ring (bicyclic) bond motifs is 1. The van der Waals surface area contributed by atoms with Crippen LogP contribution in [-0.4, -0.2) is 77.1 Å². The van der Waals surface area contributed by atoms with Crippen LogP contribution in [0.25, 0.3) is 17.2 Å². The number of benzene rings is 2. The van der Waals surface area contributed by atoms with Crippen LogP contribution in [0.3, 0.4) is 0 Å². The quantitative estimate of drug-likeness (QED) is 0.140. The summed E-state index contributed by atoms with van der Waals surface area (Å²) in [7, 11) is 5.08. The summed E-state index contributed by atoms with van der Waals surface area (Å²) in [4.78, 5) is 35.9. The van der Waals surface area contributed by atoms with Crippen LogP contribution >= 0.6 is 11.3 Å². The Morgan fingerprint density at radius 2 is 1.69 bits per heavy atom. The maximum absolute atomic E-state index is 13.5. The van der Waals surface area contributed by atoms with Crippen LogP contribution in [0, 0.1) is 25.2 Å². The minimum absolute atomic E-state index is 0.0178. The summed E-state index contributed by atoms with van der Waals surface area (Å²) >= 11 is 0.740. The summed E-state index contributed by atoms with van der Waals surface area (Å²) in [6.45, 7) is 10.9. The number of piperazine rings is 1. The lowest BCUT2D eigenvalue weighted by atomic mass is 9.89. The maximum Gasteiger partial charge on any atom is 0.434 e. The van der Waals surface area contributed by atoms with Crippen molar-refractivity contribution in [3.63, 3.8) is 0 Å². The number of carbonyl (C=O) groups is 1. The SMILES string of the molecule is COc1cc(-c2cn(C)c(=O)c(C)c2C)cc(OC)c1CN1CCN(Cc2cccc3c2CCN(C(=O)/C(C#N)=C/c2nc(C(F)(F)F)cs2)C3C)CC1. The van der Waals surface area contributed by atoms with Crippen molar-refractivity contribution in [2.24, 2.45) is 7.05 Å². The van der Waals surface area contributed by atoms with Crippen molar-refractivity contribution in [3.8, 4) is 28.7 Å². The number of hydrogen-bond acceptors (Lipinski definition) is 9. The molecule has 0 saturated carbocycles. The van der Waals surface area contributed by atoms with E-state index in [2.05, 4.69) is 20.9 Å². The molecule has 0 aliphatic carbocycles. The molecule has 10 nitrogen and oxygen atoms in total. The summed E-state index contributed by atoms with van der Waals surface area (Å²) in [5, 5.41) is 10.6. The molecule has 0 N–H and O–H groups in total. The molecule has 0 radical (unpaired) electrons. The van der Waals surface area contributed by atoms with Gasteiger partial charge in [0.05, 0.1) is 25.8 Å². The Morgan fingerprint density at radius 3 is 2.28 bits per heavy atom. The molecule has 2 aliphatic rings. The smallest absolute Gasteiger partial charge is 0.434 e. The molecule has 1 fully saturated rings. The zero-order chi connectivity index (χ0) is 38.9. The Hall–Kier alpha value is -4.97. The number of methoxy groups -OCH3 is 2. The molecule has 4 aromatic rings. The molecule has 0 spiro atoms. The number of rotatable bonds is 9. The highest BCUT2D eigenvalue weighted by Gasteiger charge is 2.35. The number of carbonyl (C=O) groups excluding carboxylic acids is 1. The number of nitrogens with zero attached hydrogens (tertiary/aromatic N) is 6. The molecule has 1 unspecified atom stereocenters. The van der Waals surface area contributed by atoms with Crippen LogP contribution < -0.4 is 15.0 Å². The first kappa shape index (κ1) is 38.7. The molecule has 2 aromatic heterocycles. The van der Waals surface area contributed by atoms with Crippen LogP contribution in [-0.2, 0) is 37.5 Å². The fraction of sp³-hybridized carbons (Fsp3) is 0.400. The van der Waals surface area contributed by atoms with E-state index in [9.17, 15) is 28.0 Å². The van der Waals surface area contributed by atoms with Crippen LogP contribution in [0.1, 0.15) is 57.0 Å². The molecular weight excluding hydrogens is 718 g/mol. The van der Waals surface area contributed by atoms with E-state index in [1.165, 1.54) is 11.1 Å². The Morgan fingerprint density at radius 1 is 1.04 bits per heavy atom. The highest BCUT2D eigenvalue weighted by molar-refractivity contribution is 7.10. The van der Waals surface area contributed by atoms with E-state index in [1.807, 2.05) is 57.3 Å². The van der Waals surface area contributed by atoms with Crippen molar-refractivity contribution in [2.75, 3.05) is 46.9 Å². The molecule has 2 aliphatic heterocycles. The molecule has 284 valence electrons. The summed E-state index contributed by atoms with van der Waals surface area (Å²) in [5.74, 6) is 0.930. The molecular formula is C40H43F3N6O4S. The van der Waals surface area contributed by atoms with E-state index in [1.54, 1.807) is 30.7 Å². The largest absolute Gasteiger partial charge is 0.496 e. The number of nitriles is 1. The molecule has 4 heterocycles. The average Bonchev–Trinajstić information content (AvgIpc) is 3.65. The van der Waals surface area contributed by atoms with Crippen LogP contribution in [0.15, 0.2) is 52.3 Å². The van der Waals surface area contributed by atoms with Gasteiger partial charge in [0.15, 0.2) is 5.69 Å². The van der Waals surface area contributed by atoms with Gasteiger partial charge in [-0.2, -0.15) is 18.4 Å². The summed E-state index contributed by atoms with van der Waals surface area (Å²) in [6.07, 6.45) is -1.01. The topological polar surface area (TPSA) is 104 Å². The van der Waals surface area contributed by atoms with Crippen molar-refractivity contribution in [3.05, 3.63) is 102 Å². The van der Waals surface area contributed by atoms with Crippen LogP contribution in [0.5, 0.6) is 11.5 Å². The number of pyridine rings is 1. The first-order valence-electron chi connectivity index (χ1n) is 17.7. The standard InChI is InChI=1S/C40H43F3N6O4S/c1-24-25(2)38(50)46(4)21-32(24)28-16-34(52-5)33(35(17-28)53-6)22-48-14-12-47(13-15-48)20-27-8-7-9-30-26(3)49(11-10-31(27)30)39(51)29(19-44)18-37-45-36(23-54-37)40(41,42)43/h7-9,16-18,21,23,26H,10-15,20,22H2,1-6H3/b29-18+. The van der Waals surface area contributed by atoms with Gasteiger partial charge in [-0.1, -0.05) is 18.2 Å². The van der Waals surface area contributed by atoms with Gasteiger partial charge in [0.25, 0.3) is 11.5 Å². The zero-order valence-corrected chi connectivity index (χ0v) is 32.0. The Bertz CT molecular complexity index is 2170. The van der Waals surface area contributed by atoms with Gasteiger partial charge in [-0.25, -0.2) is 4.98 Å². The van der Waals surface area contributed by atoms with Gasteiger partial charge in [0, 0.05) is 75.6 Å². The second-order valence-electron chi connectivity index (χ2n) is 13.8. The van der Waals surface area contributed by atoms with E-state index in [0.29, 0.717) is 25.1 Å². The normalized spacial score (nSPS) is 16.9. The lowest BCUT2D eigenvalue weighted by Crippen LogP contribution is -2.45. The van der Waals surface area contributed by atoms with Crippen LogP contribution in [0.4, 0.5) is 13.2 Å². The second-order valence-corrected chi connectivity index (χ2v) is 14.7. The fourth-order valence-corrected chi connectivity index (χ4v) is 8.16. The second kappa shape index (κ2) is 15.8. The van der Waals surface area contributed by atoms with Crippen molar-refractivity contribution in [1.29, 1.82) is 5.26 Å². The first-order valence-corrected chi connectivity index (χ1v) is 18.5. The van der Waals surface area contributed by atoms with Gasteiger partial charge in [-0.05, 0) is 73.2 Å². The molecule has 0 bridgehead atoms. The number of amides is 1. The third-order valence-corrected chi connectivity index (χ3v) is 11.4. The van der Waals surface area contributed by atoms with Gasteiger partial charge in [-0.15, -0.1) is 11.3 Å². The van der Waals surface area contributed by atoms with E-state index < -0.39 is 17.8 Å². The minimum Gasteiger partial charge on any atom is -0.496 e. The summed E-state index contributed by atoms with van der Waals surface area (Å²) in [6, 6.07) is 11.7. The fourth-order valence-electron chi connectivity index (χ4n) is 7.41. The third-order valence-electron chi connectivity index (χ3n) is 10.6. The predicted molar refractivity (Wildman–Crippen MR) is 201 cm³/mol. The third kappa shape index (κ3) is 7.80. The Kier molecular flexibility index (Phi) is 11.3. The van der Waals surface area contributed by atoms with Gasteiger partial charge < -0.3 is 18.9 Å². The zero-order valence-electron chi connectivity index (χ0n) is 31.2. The Labute approximate surface area is 316 Å². The lowest BCUT2D eigenvalue weighted by molar-refractivity contribution is -0.140. The highest BCUT2D eigenvalue weighted by Crippen LogP contribution is 2.38. The van der Waals surface area contributed by atoms with E-state index in [0.717, 1.165) is 94.8 Å². The molecule has 2 aromatic carbocycles. The molecule has 1 atom stereocenters. The minimum atomic E-state index is -4.60. The highest BCUT2D eigenvalue weighted by atomic mass is 32.1. The predicted octanol–water partition coefficient (Wildman–Crippen LogP) is 6.53. The van der Waals surface area contributed by atoms with E-state index in [-0.39, 0.29) is 22.2 Å². The van der Waals surface area contributed by atoms with Gasteiger partial charge in [-0.3, -0.25) is 19.4 Å². The number of hydrogen-bond donors (Lipinski definition) is 0. The number of alkyl halides is 3. The van der Waals surface area contributed by atoms with E-state index >= 15 is 0 Å². The molecule has 1 amide bonds. The monoisotopic (exact) mass is 760 g/mol. The van der Waals surface area contributed by atoms with Gasteiger partial charge >= 0.3 is 6.18 Å². The van der Waals surface area contributed by atoms with Crippen molar-refractivity contribution < 1.29 is 27.4 Å². The summed E-state index contributed by atoms with van der Waals surface area (Å²) < 4.78 is 52.5. The Balaban J connectivity index is 1.12. The molecule has 14 heteroatoms. The number of halogens is 3. The average molecular weight is 761 g/mol. The van der Waals surface area contributed by atoms with Crippen molar-refractivity contribution >= 4 is 23.3 Å². The molecule has 6 rings (SSSR count). The van der Waals surface area contributed by atoms with E-state index in [4.69, 9.17) is 9.47 Å². The van der Waals surface area contributed by atoms with Crippen LogP contribution in [0.2, 0.25) is 0 Å². The van der Waals surface area contributed by atoms with Crippen molar-refractivity contribution in [1.82, 2.24) is 24.3 Å². The number of ether oxygens (including phenoxy) is 2. The molecule has 1 saturated heterocycles. The first-order chi connectivity index (χ1) is 25.7. The van der Waals surface area contributed by atoms with Crippen molar-refractivity contribution in [2.45, 2.75) is 52.5 Å². The maximum atomic E-state index is 13.5. The van der Waals surface area contributed by atoms with Gasteiger partial charge in [0.1, 0.15) is 28.1 Å². The number of aryl methyl sites for hydroxylation is 1. The number of thiazole rings is 1.